The number of carbonyl (C=O) groups is 1. The van der Waals surface area contributed by atoms with E-state index < -0.39 is 0 Å². The number of hydrogen-bond acceptors (Lipinski definition) is 4. The number of aromatic nitrogens is 1. The van der Waals surface area contributed by atoms with Gasteiger partial charge in [-0.05, 0) is 20.3 Å². The largest absolute Gasteiger partial charge is 0.335 e. The highest BCUT2D eigenvalue weighted by molar-refractivity contribution is 7.09. The molecule has 1 heterocycles. The van der Waals surface area contributed by atoms with Gasteiger partial charge in [0.1, 0.15) is 10.7 Å². The van der Waals surface area contributed by atoms with E-state index in [1.165, 1.54) is 11.3 Å². The number of nitrogens with two attached hydrogens (primary N) is 1. The number of hydrogen-bond donors (Lipinski definition) is 1. The Hall–Kier alpha value is -0.940. The molecule has 5 heteroatoms. The molecule has 0 unspecified atom stereocenters. The molecule has 0 saturated carbocycles. The molecule has 1 rings (SSSR count). The van der Waals surface area contributed by atoms with Gasteiger partial charge in [0.2, 0.25) is 0 Å². The van der Waals surface area contributed by atoms with Crippen molar-refractivity contribution in [3.05, 3.63) is 16.1 Å². The summed E-state index contributed by atoms with van der Waals surface area (Å²) in [6, 6.07) is 0. The first kappa shape index (κ1) is 13.1. The summed E-state index contributed by atoms with van der Waals surface area (Å²) in [5, 5.41) is 2.57. The molecular weight excluding hydrogens is 222 g/mol. The van der Waals surface area contributed by atoms with Gasteiger partial charge in [0.15, 0.2) is 0 Å². The molecule has 1 aromatic rings. The van der Waals surface area contributed by atoms with Crippen molar-refractivity contribution in [3.8, 4) is 0 Å². The van der Waals surface area contributed by atoms with Crippen molar-refractivity contribution in [2.75, 3.05) is 7.05 Å². The number of carbonyl (C=O) groups excluding carboxylic acids is 1. The second kappa shape index (κ2) is 4.93. The van der Waals surface area contributed by atoms with E-state index in [0.717, 1.165) is 11.4 Å². The Balaban J connectivity index is 2.85. The van der Waals surface area contributed by atoms with Crippen molar-refractivity contribution >= 4 is 17.2 Å². The zero-order valence-electron chi connectivity index (χ0n) is 10.3. The molecule has 0 radical (unpaired) electrons. The first-order valence-electron chi connectivity index (χ1n) is 5.35. The molecule has 0 aliphatic heterocycles. The molecule has 1 amide bonds. The van der Waals surface area contributed by atoms with Crippen LogP contribution in [0, 0.1) is 0 Å². The molecule has 0 aromatic carbocycles. The number of rotatable bonds is 4. The molecule has 0 spiro atoms. The molecule has 0 bridgehead atoms. The molecule has 0 saturated heterocycles. The van der Waals surface area contributed by atoms with Gasteiger partial charge in [0, 0.05) is 24.5 Å². The fourth-order valence-corrected chi connectivity index (χ4v) is 1.84. The first-order valence-corrected chi connectivity index (χ1v) is 6.23. The molecule has 16 heavy (non-hydrogen) atoms. The normalized spacial score (nSPS) is 11.6. The van der Waals surface area contributed by atoms with E-state index in [-0.39, 0.29) is 11.4 Å². The third kappa shape index (κ3) is 2.59. The molecule has 90 valence electrons. The van der Waals surface area contributed by atoms with Crippen molar-refractivity contribution in [1.29, 1.82) is 0 Å². The molecule has 1 aromatic heterocycles. The maximum atomic E-state index is 12.1. The number of thiazole rings is 1. The van der Waals surface area contributed by atoms with Crippen LogP contribution >= 0.6 is 11.3 Å². The van der Waals surface area contributed by atoms with E-state index in [0.29, 0.717) is 12.2 Å². The lowest BCUT2D eigenvalue weighted by molar-refractivity contribution is 0.0615. The molecule has 0 atom stereocenters. The van der Waals surface area contributed by atoms with Crippen LogP contribution in [-0.4, -0.2) is 28.4 Å². The maximum Gasteiger partial charge on any atom is 0.273 e. The van der Waals surface area contributed by atoms with E-state index in [1.54, 1.807) is 10.3 Å². The average molecular weight is 241 g/mol. The zero-order valence-corrected chi connectivity index (χ0v) is 11.1. The third-order valence-corrected chi connectivity index (χ3v) is 3.89. The lowest BCUT2D eigenvalue weighted by Gasteiger charge is -2.34. The van der Waals surface area contributed by atoms with Crippen LogP contribution in [0.15, 0.2) is 5.38 Å². The Morgan fingerprint density at radius 3 is 2.69 bits per heavy atom. The molecule has 0 fully saturated rings. The summed E-state index contributed by atoms with van der Waals surface area (Å²) in [6.07, 6.45) is 0.906. The Labute approximate surface area is 100 Å². The summed E-state index contributed by atoms with van der Waals surface area (Å²) in [6.45, 7) is 6.54. The highest BCUT2D eigenvalue weighted by Gasteiger charge is 2.27. The van der Waals surface area contributed by atoms with E-state index in [9.17, 15) is 4.79 Å². The van der Waals surface area contributed by atoms with E-state index >= 15 is 0 Å². The quantitative estimate of drug-likeness (QED) is 0.875. The standard InChI is InChI=1S/C11H19N3OS/c1-5-11(2,3)14(4)10(15)8-7-16-9(6-12)13-8/h7H,5-6,12H2,1-4H3. The van der Waals surface area contributed by atoms with Gasteiger partial charge < -0.3 is 10.6 Å². The van der Waals surface area contributed by atoms with Gasteiger partial charge >= 0.3 is 0 Å². The Bertz CT molecular complexity index is 373. The summed E-state index contributed by atoms with van der Waals surface area (Å²) < 4.78 is 0. The van der Waals surface area contributed by atoms with Gasteiger partial charge in [-0.1, -0.05) is 6.92 Å². The lowest BCUT2D eigenvalue weighted by atomic mass is 10.00. The predicted molar refractivity (Wildman–Crippen MR) is 66.5 cm³/mol. The van der Waals surface area contributed by atoms with Crippen molar-refractivity contribution < 1.29 is 4.79 Å². The van der Waals surface area contributed by atoms with Crippen LogP contribution in [0.25, 0.3) is 0 Å². The summed E-state index contributed by atoms with van der Waals surface area (Å²) in [7, 11) is 1.81. The first-order chi connectivity index (χ1) is 7.42. The highest BCUT2D eigenvalue weighted by Crippen LogP contribution is 2.20. The number of nitrogens with zero attached hydrogens (tertiary/aromatic N) is 2. The Morgan fingerprint density at radius 1 is 1.62 bits per heavy atom. The van der Waals surface area contributed by atoms with Crippen LogP contribution in [0.4, 0.5) is 0 Å². The topological polar surface area (TPSA) is 59.2 Å². The van der Waals surface area contributed by atoms with Crippen LogP contribution in [0.2, 0.25) is 0 Å². The van der Waals surface area contributed by atoms with Crippen LogP contribution < -0.4 is 5.73 Å². The van der Waals surface area contributed by atoms with Crippen LogP contribution in [0.1, 0.15) is 42.7 Å². The van der Waals surface area contributed by atoms with Gasteiger partial charge in [-0.15, -0.1) is 11.3 Å². The van der Waals surface area contributed by atoms with Crippen molar-refractivity contribution in [1.82, 2.24) is 9.88 Å². The molecule has 4 nitrogen and oxygen atoms in total. The highest BCUT2D eigenvalue weighted by atomic mass is 32.1. The van der Waals surface area contributed by atoms with Crippen molar-refractivity contribution in [2.24, 2.45) is 5.73 Å². The predicted octanol–water partition coefficient (Wildman–Crippen LogP) is 1.86. The second-order valence-electron chi connectivity index (χ2n) is 4.36. The summed E-state index contributed by atoms with van der Waals surface area (Å²) in [4.78, 5) is 18.0. The average Bonchev–Trinajstić information content (AvgIpc) is 2.75. The Morgan fingerprint density at radius 2 is 2.25 bits per heavy atom. The van der Waals surface area contributed by atoms with Crippen molar-refractivity contribution in [2.45, 2.75) is 39.3 Å². The van der Waals surface area contributed by atoms with E-state index in [4.69, 9.17) is 5.73 Å². The minimum absolute atomic E-state index is 0.0391. The molecule has 0 aliphatic carbocycles. The van der Waals surface area contributed by atoms with E-state index in [1.807, 2.05) is 20.9 Å². The molecular formula is C11H19N3OS. The third-order valence-electron chi connectivity index (χ3n) is 3.02. The fraction of sp³-hybridized carbons (Fsp3) is 0.636. The zero-order chi connectivity index (χ0) is 12.3. The molecule has 2 N–H and O–H groups in total. The minimum atomic E-state index is -0.149. The van der Waals surface area contributed by atoms with Crippen LogP contribution in [0.3, 0.4) is 0 Å². The smallest absolute Gasteiger partial charge is 0.273 e. The summed E-state index contributed by atoms with van der Waals surface area (Å²) in [5.74, 6) is -0.0391. The lowest BCUT2D eigenvalue weighted by Crippen LogP contribution is -2.44. The molecule has 0 aliphatic rings. The Kier molecular flexibility index (Phi) is 4.04. The second-order valence-corrected chi connectivity index (χ2v) is 5.30. The summed E-state index contributed by atoms with van der Waals surface area (Å²) in [5.41, 5.74) is 5.82. The van der Waals surface area contributed by atoms with Gasteiger partial charge in [-0.25, -0.2) is 4.98 Å². The SMILES string of the molecule is CCC(C)(C)N(C)C(=O)c1csc(CN)n1. The van der Waals surface area contributed by atoms with Gasteiger partial charge in [0.25, 0.3) is 5.91 Å². The maximum absolute atomic E-state index is 12.1. The summed E-state index contributed by atoms with van der Waals surface area (Å²) >= 11 is 1.43. The van der Waals surface area contributed by atoms with Gasteiger partial charge in [-0.3, -0.25) is 4.79 Å². The van der Waals surface area contributed by atoms with Crippen LogP contribution in [-0.2, 0) is 6.54 Å². The van der Waals surface area contributed by atoms with E-state index in [2.05, 4.69) is 11.9 Å². The van der Waals surface area contributed by atoms with Gasteiger partial charge in [0.05, 0.1) is 0 Å². The van der Waals surface area contributed by atoms with Crippen molar-refractivity contribution in [3.63, 3.8) is 0 Å². The monoisotopic (exact) mass is 241 g/mol. The fourth-order valence-electron chi connectivity index (χ4n) is 1.19. The van der Waals surface area contributed by atoms with Crippen LogP contribution in [0.5, 0.6) is 0 Å². The number of amides is 1. The minimum Gasteiger partial charge on any atom is -0.335 e. The van der Waals surface area contributed by atoms with Gasteiger partial charge in [-0.2, -0.15) is 0 Å².